The van der Waals surface area contributed by atoms with E-state index in [1.54, 1.807) is 0 Å². The molecule has 2 unspecified atom stereocenters. The number of benzene rings is 2. The van der Waals surface area contributed by atoms with Gasteiger partial charge in [-0.15, -0.1) is 0 Å². The van der Waals surface area contributed by atoms with Crippen molar-refractivity contribution in [1.82, 2.24) is 0 Å². The Hall–Kier alpha value is -1.78. The number of nitrogens with two attached hydrogens (primary N) is 1. The van der Waals surface area contributed by atoms with Crippen molar-refractivity contribution in [2.75, 3.05) is 6.61 Å². The van der Waals surface area contributed by atoms with Crippen molar-refractivity contribution in [1.29, 1.82) is 0 Å². The van der Waals surface area contributed by atoms with Gasteiger partial charge >= 0.3 is 0 Å². The molecule has 110 valence electrons. The van der Waals surface area contributed by atoms with E-state index in [4.69, 9.17) is 10.5 Å². The number of hydrogen-bond donors (Lipinski definition) is 1. The van der Waals surface area contributed by atoms with Crippen molar-refractivity contribution >= 4 is 0 Å². The van der Waals surface area contributed by atoms with Gasteiger partial charge in [0.2, 0.25) is 0 Å². The second-order valence-corrected chi connectivity index (χ2v) is 5.32. The summed E-state index contributed by atoms with van der Waals surface area (Å²) < 4.78 is 32.1. The van der Waals surface area contributed by atoms with Crippen molar-refractivity contribution in [3.05, 3.63) is 70.8 Å². The third kappa shape index (κ3) is 2.96. The molecule has 0 aromatic heterocycles. The predicted octanol–water partition coefficient (Wildman–Crippen LogP) is 3.67. The second kappa shape index (κ2) is 5.92. The predicted molar refractivity (Wildman–Crippen MR) is 76.7 cm³/mol. The van der Waals surface area contributed by atoms with E-state index in [0.717, 1.165) is 24.1 Å². The van der Waals surface area contributed by atoms with Gasteiger partial charge in [0.05, 0.1) is 12.7 Å². The van der Waals surface area contributed by atoms with E-state index in [1.807, 2.05) is 18.2 Å². The van der Waals surface area contributed by atoms with Gasteiger partial charge in [-0.1, -0.05) is 30.3 Å². The molecule has 1 heterocycles. The van der Waals surface area contributed by atoms with E-state index in [2.05, 4.69) is 6.07 Å². The fourth-order valence-electron chi connectivity index (χ4n) is 2.78. The van der Waals surface area contributed by atoms with E-state index in [-0.39, 0.29) is 6.10 Å². The van der Waals surface area contributed by atoms with Gasteiger partial charge in [0.25, 0.3) is 0 Å². The average molecular weight is 289 g/mol. The van der Waals surface area contributed by atoms with Gasteiger partial charge in [-0.2, -0.15) is 0 Å². The molecule has 0 saturated carbocycles. The second-order valence-electron chi connectivity index (χ2n) is 5.32. The lowest BCUT2D eigenvalue weighted by atomic mass is 9.91. The maximum absolute atomic E-state index is 13.3. The number of rotatable bonds is 3. The fourth-order valence-corrected chi connectivity index (χ4v) is 2.78. The lowest BCUT2D eigenvalue weighted by molar-refractivity contribution is 0.0319. The highest BCUT2D eigenvalue weighted by atomic mass is 19.2. The molecular weight excluding hydrogens is 272 g/mol. The Morgan fingerprint density at radius 2 is 1.95 bits per heavy atom. The Labute approximate surface area is 122 Å². The van der Waals surface area contributed by atoms with Crippen LogP contribution in [-0.2, 0) is 11.2 Å². The number of hydrogen-bond acceptors (Lipinski definition) is 2. The Kier molecular flexibility index (Phi) is 3.99. The van der Waals surface area contributed by atoms with E-state index < -0.39 is 17.7 Å². The first kappa shape index (κ1) is 14.2. The molecule has 2 aromatic carbocycles. The van der Waals surface area contributed by atoms with Crippen LogP contribution in [0.2, 0.25) is 0 Å². The van der Waals surface area contributed by atoms with Crippen LogP contribution in [0, 0.1) is 11.6 Å². The lowest BCUT2D eigenvalue weighted by Crippen LogP contribution is -2.21. The molecule has 0 aliphatic carbocycles. The van der Waals surface area contributed by atoms with Crippen LogP contribution in [0.1, 0.15) is 35.3 Å². The monoisotopic (exact) mass is 289 g/mol. The van der Waals surface area contributed by atoms with Gasteiger partial charge in [0.15, 0.2) is 11.6 Å². The van der Waals surface area contributed by atoms with Crippen molar-refractivity contribution in [2.24, 2.45) is 5.73 Å². The van der Waals surface area contributed by atoms with Crippen LogP contribution in [0.25, 0.3) is 0 Å². The van der Waals surface area contributed by atoms with Crippen LogP contribution >= 0.6 is 0 Å². The topological polar surface area (TPSA) is 35.2 Å². The summed E-state index contributed by atoms with van der Waals surface area (Å²) in [5.41, 5.74) is 9.13. The van der Waals surface area contributed by atoms with Gasteiger partial charge in [0.1, 0.15) is 0 Å². The van der Waals surface area contributed by atoms with Gasteiger partial charge in [0, 0.05) is 6.04 Å². The zero-order valence-corrected chi connectivity index (χ0v) is 11.6. The molecule has 4 heteroatoms. The van der Waals surface area contributed by atoms with Crippen LogP contribution in [0.5, 0.6) is 0 Å². The molecular formula is C17H17F2NO. The lowest BCUT2D eigenvalue weighted by Gasteiger charge is -2.28. The first-order valence-electron chi connectivity index (χ1n) is 7.05. The third-order valence-electron chi connectivity index (χ3n) is 3.93. The van der Waals surface area contributed by atoms with Crippen LogP contribution in [0.3, 0.4) is 0 Å². The Morgan fingerprint density at radius 3 is 2.76 bits per heavy atom. The van der Waals surface area contributed by atoms with Crippen LogP contribution in [-0.4, -0.2) is 6.61 Å². The summed E-state index contributed by atoms with van der Waals surface area (Å²) in [7, 11) is 0. The summed E-state index contributed by atoms with van der Waals surface area (Å²) in [6.07, 6.45) is 1.34. The molecule has 2 aromatic rings. The highest BCUT2D eigenvalue weighted by Crippen LogP contribution is 2.33. The maximum Gasteiger partial charge on any atom is 0.159 e. The maximum atomic E-state index is 13.3. The number of fused-ring (bicyclic) bond motifs is 1. The molecule has 0 fully saturated rings. The molecule has 2 atom stereocenters. The van der Waals surface area contributed by atoms with E-state index in [9.17, 15) is 8.78 Å². The van der Waals surface area contributed by atoms with Crippen LogP contribution < -0.4 is 5.73 Å². The van der Waals surface area contributed by atoms with Crippen molar-refractivity contribution < 1.29 is 13.5 Å². The SMILES string of the molecule is NC(CC1OCCc2ccccc21)c1ccc(F)c(F)c1. The molecule has 0 radical (unpaired) electrons. The Morgan fingerprint density at radius 1 is 1.14 bits per heavy atom. The molecule has 0 spiro atoms. The van der Waals surface area contributed by atoms with Gasteiger partial charge < -0.3 is 10.5 Å². The summed E-state index contributed by atoms with van der Waals surface area (Å²) in [5.74, 6) is -1.72. The fraction of sp³-hybridized carbons (Fsp3) is 0.294. The number of ether oxygens (including phenoxy) is 1. The van der Waals surface area contributed by atoms with Crippen LogP contribution in [0.15, 0.2) is 42.5 Å². The van der Waals surface area contributed by atoms with Crippen LogP contribution in [0.4, 0.5) is 8.78 Å². The smallest absolute Gasteiger partial charge is 0.159 e. The highest BCUT2D eigenvalue weighted by Gasteiger charge is 2.23. The van der Waals surface area contributed by atoms with E-state index >= 15 is 0 Å². The summed E-state index contributed by atoms with van der Waals surface area (Å²) in [4.78, 5) is 0. The minimum atomic E-state index is -0.868. The highest BCUT2D eigenvalue weighted by molar-refractivity contribution is 5.31. The van der Waals surface area contributed by atoms with Gasteiger partial charge in [-0.05, 0) is 41.7 Å². The van der Waals surface area contributed by atoms with Gasteiger partial charge in [-0.25, -0.2) is 8.78 Å². The third-order valence-corrected chi connectivity index (χ3v) is 3.93. The minimum absolute atomic E-state index is 0.0990. The normalized spacial score (nSPS) is 19.1. The van der Waals surface area contributed by atoms with E-state index in [0.29, 0.717) is 18.6 Å². The zero-order chi connectivity index (χ0) is 14.8. The molecule has 1 aliphatic rings. The summed E-state index contributed by atoms with van der Waals surface area (Å²) in [5, 5.41) is 0. The van der Waals surface area contributed by atoms with Crippen molar-refractivity contribution in [2.45, 2.75) is 25.0 Å². The first-order chi connectivity index (χ1) is 10.1. The quantitative estimate of drug-likeness (QED) is 0.935. The van der Waals surface area contributed by atoms with Crippen molar-refractivity contribution in [3.63, 3.8) is 0 Å². The standard InChI is InChI=1S/C17H17F2NO/c18-14-6-5-12(9-15(14)19)16(20)10-17-13-4-2-1-3-11(13)7-8-21-17/h1-6,9,16-17H,7-8,10,20H2. The molecule has 3 rings (SSSR count). The Bertz CT molecular complexity index is 644. The van der Waals surface area contributed by atoms with Gasteiger partial charge in [-0.3, -0.25) is 0 Å². The molecule has 0 saturated heterocycles. The zero-order valence-electron chi connectivity index (χ0n) is 11.6. The van der Waals surface area contributed by atoms with E-state index in [1.165, 1.54) is 11.6 Å². The molecule has 21 heavy (non-hydrogen) atoms. The largest absolute Gasteiger partial charge is 0.373 e. The minimum Gasteiger partial charge on any atom is -0.373 e. The molecule has 2 N–H and O–H groups in total. The summed E-state index contributed by atoms with van der Waals surface area (Å²) in [6, 6.07) is 11.5. The summed E-state index contributed by atoms with van der Waals surface area (Å²) in [6.45, 7) is 0.659. The molecule has 0 bridgehead atoms. The van der Waals surface area contributed by atoms with Crippen molar-refractivity contribution in [3.8, 4) is 0 Å². The molecule has 0 amide bonds. The summed E-state index contributed by atoms with van der Waals surface area (Å²) >= 11 is 0. The average Bonchev–Trinajstić information content (AvgIpc) is 2.50. The number of halogens is 2. The molecule has 2 nitrogen and oxygen atoms in total. The first-order valence-corrected chi connectivity index (χ1v) is 7.05. The molecule has 1 aliphatic heterocycles. The Balaban J connectivity index is 1.79.